The van der Waals surface area contributed by atoms with Gasteiger partial charge in [-0.15, -0.1) is 0 Å². The molecule has 0 aromatic carbocycles. The van der Waals surface area contributed by atoms with Gasteiger partial charge in [-0.1, -0.05) is 0 Å². The van der Waals surface area contributed by atoms with E-state index in [2.05, 4.69) is 12.2 Å². The van der Waals surface area contributed by atoms with Gasteiger partial charge in [-0.25, -0.2) is 0 Å². The average molecular weight is 183 g/mol. The van der Waals surface area contributed by atoms with Crippen LogP contribution in [0.4, 0.5) is 0 Å². The summed E-state index contributed by atoms with van der Waals surface area (Å²) >= 11 is 0. The Morgan fingerprint density at radius 2 is 2.15 bits per heavy atom. The van der Waals surface area contributed by atoms with Crippen molar-refractivity contribution in [2.45, 2.75) is 44.8 Å². The molecule has 0 bridgehead atoms. The zero-order chi connectivity index (χ0) is 9.26. The van der Waals surface area contributed by atoms with Crippen molar-refractivity contribution in [3.63, 3.8) is 0 Å². The fraction of sp³-hybridized carbons (Fsp3) is 0.900. The molecule has 0 spiro atoms. The molecule has 1 aliphatic heterocycles. The number of rotatable bonds is 2. The number of ether oxygens (including phenoxy) is 1. The van der Waals surface area contributed by atoms with Crippen LogP contribution in [-0.2, 0) is 9.53 Å². The Labute approximate surface area is 78.8 Å². The molecule has 0 amide bonds. The largest absolute Gasteiger partial charge is 0.462 e. The fourth-order valence-electron chi connectivity index (χ4n) is 1.92. The molecule has 2 rings (SSSR count). The monoisotopic (exact) mass is 183 g/mol. The summed E-state index contributed by atoms with van der Waals surface area (Å²) in [7, 11) is 0. The number of carbonyl (C=O) groups excluding carboxylic acids is 1. The van der Waals surface area contributed by atoms with Crippen LogP contribution in [0.25, 0.3) is 0 Å². The highest BCUT2D eigenvalue weighted by atomic mass is 16.5. The van der Waals surface area contributed by atoms with Crippen LogP contribution in [0, 0.1) is 5.92 Å². The lowest BCUT2D eigenvalue weighted by molar-refractivity contribution is -0.158. The Bertz CT molecular complexity index is 201. The molecule has 74 valence electrons. The molecular weight excluding hydrogens is 166 g/mol. The molecule has 1 aliphatic carbocycles. The van der Waals surface area contributed by atoms with E-state index >= 15 is 0 Å². The van der Waals surface area contributed by atoms with E-state index in [1.807, 2.05) is 0 Å². The van der Waals surface area contributed by atoms with Crippen LogP contribution in [0.3, 0.4) is 0 Å². The van der Waals surface area contributed by atoms with Crippen LogP contribution in [0.15, 0.2) is 0 Å². The highest BCUT2D eigenvalue weighted by molar-refractivity contribution is 5.73. The fourth-order valence-corrected chi connectivity index (χ4v) is 1.92. The Kier molecular flexibility index (Phi) is 2.54. The molecule has 2 atom stereocenters. The predicted molar refractivity (Wildman–Crippen MR) is 49.3 cm³/mol. The smallest absolute Gasteiger partial charge is 0.310 e. The zero-order valence-corrected chi connectivity index (χ0v) is 8.08. The Morgan fingerprint density at radius 1 is 1.38 bits per heavy atom. The van der Waals surface area contributed by atoms with Crippen molar-refractivity contribution in [3.8, 4) is 0 Å². The van der Waals surface area contributed by atoms with Crippen LogP contribution in [0.5, 0.6) is 0 Å². The van der Waals surface area contributed by atoms with Crippen molar-refractivity contribution >= 4 is 5.97 Å². The third-order valence-electron chi connectivity index (χ3n) is 3.16. The molecule has 2 aliphatic rings. The van der Waals surface area contributed by atoms with Gasteiger partial charge in [0.25, 0.3) is 0 Å². The summed E-state index contributed by atoms with van der Waals surface area (Å²) in [4.78, 5) is 11.6. The topological polar surface area (TPSA) is 38.3 Å². The number of hydrogen-bond donors (Lipinski definition) is 1. The summed E-state index contributed by atoms with van der Waals surface area (Å²) in [6.07, 6.45) is 4.53. The van der Waals surface area contributed by atoms with Gasteiger partial charge in [0, 0.05) is 6.04 Å². The lowest BCUT2D eigenvalue weighted by atomic mass is 9.95. The van der Waals surface area contributed by atoms with Crippen LogP contribution < -0.4 is 5.32 Å². The first-order chi connectivity index (χ1) is 6.27. The van der Waals surface area contributed by atoms with E-state index in [4.69, 9.17) is 4.74 Å². The van der Waals surface area contributed by atoms with E-state index in [1.165, 1.54) is 6.42 Å². The van der Waals surface area contributed by atoms with E-state index < -0.39 is 0 Å². The summed E-state index contributed by atoms with van der Waals surface area (Å²) in [5, 5.41) is 3.26. The second kappa shape index (κ2) is 3.66. The predicted octanol–water partition coefficient (Wildman–Crippen LogP) is 1.08. The summed E-state index contributed by atoms with van der Waals surface area (Å²) in [6, 6.07) is 0.299. The van der Waals surface area contributed by atoms with E-state index in [0.717, 1.165) is 25.8 Å². The molecule has 3 heteroatoms. The lowest BCUT2D eigenvalue weighted by Gasteiger charge is -2.27. The molecule has 1 heterocycles. The van der Waals surface area contributed by atoms with Crippen molar-refractivity contribution in [1.29, 1.82) is 0 Å². The van der Waals surface area contributed by atoms with Gasteiger partial charge in [-0.05, 0) is 39.2 Å². The minimum atomic E-state index is 0.0159. The van der Waals surface area contributed by atoms with Gasteiger partial charge in [0.2, 0.25) is 0 Å². The Hall–Kier alpha value is -0.570. The Morgan fingerprint density at radius 3 is 2.62 bits per heavy atom. The molecular formula is C10H17NO2. The van der Waals surface area contributed by atoms with E-state index in [9.17, 15) is 4.79 Å². The molecule has 1 saturated carbocycles. The van der Waals surface area contributed by atoms with Crippen LogP contribution in [0.1, 0.15) is 32.6 Å². The molecule has 3 nitrogen and oxygen atoms in total. The van der Waals surface area contributed by atoms with Crippen molar-refractivity contribution in [3.05, 3.63) is 0 Å². The van der Waals surface area contributed by atoms with Gasteiger partial charge in [0.15, 0.2) is 0 Å². The van der Waals surface area contributed by atoms with Crippen LogP contribution in [-0.4, -0.2) is 24.7 Å². The van der Waals surface area contributed by atoms with Gasteiger partial charge >= 0.3 is 5.97 Å². The second-order valence-corrected chi connectivity index (χ2v) is 4.13. The van der Waals surface area contributed by atoms with Crippen molar-refractivity contribution in [2.75, 3.05) is 6.54 Å². The second-order valence-electron chi connectivity index (χ2n) is 4.13. The molecule has 0 radical (unpaired) electrons. The molecule has 2 fully saturated rings. The molecule has 2 unspecified atom stereocenters. The van der Waals surface area contributed by atoms with Crippen molar-refractivity contribution in [1.82, 2.24) is 5.32 Å². The van der Waals surface area contributed by atoms with Gasteiger partial charge in [-0.3, -0.25) is 4.79 Å². The standard InChI is InChI=1S/C10H17NO2/c1-7-9(5-6-11-7)10(12)13-8-3-2-4-8/h7-9,11H,2-6H2,1H3. The first-order valence-electron chi connectivity index (χ1n) is 5.21. The summed E-state index contributed by atoms with van der Waals surface area (Å²) in [6.45, 7) is 3.01. The summed E-state index contributed by atoms with van der Waals surface area (Å²) in [5.74, 6) is 0.114. The number of carbonyl (C=O) groups is 1. The van der Waals surface area contributed by atoms with Crippen LogP contribution >= 0.6 is 0 Å². The average Bonchev–Trinajstić information content (AvgIpc) is 2.43. The summed E-state index contributed by atoms with van der Waals surface area (Å²) < 4.78 is 5.36. The molecule has 1 saturated heterocycles. The highest BCUT2D eigenvalue weighted by Crippen LogP contribution is 2.25. The zero-order valence-electron chi connectivity index (χ0n) is 8.08. The normalized spacial score (nSPS) is 34.2. The summed E-state index contributed by atoms with van der Waals surface area (Å²) in [5.41, 5.74) is 0. The number of esters is 1. The quantitative estimate of drug-likeness (QED) is 0.651. The molecule has 1 N–H and O–H groups in total. The van der Waals surface area contributed by atoms with Crippen molar-refractivity contribution in [2.24, 2.45) is 5.92 Å². The maximum Gasteiger partial charge on any atom is 0.310 e. The van der Waals surface area contributed by atoms with E-state index in [0.29, 0.717) is 6.04 Å². The minimum Gasteiger partial charge on any atom is -0.462 e. The van der Waals surface area contributed by atoms with E-state index in [1.54, 1.807) is 0 Å². The SMILES string of the molecule is CC1NCCC1C(=O)OC1CCC1. The van der Waals surface area contributed by atoms with Gasteiger partial charge in [0.05, 0.1) is 5.92 Å². The van der Waals surface area contributed by atoms with Crippen LogP contribution in [0.2, 0.25) is 0 Å². The third-order valence-corrected chi connectivity index (χ3v) is 3.16. The lowest BCUT2D eigenvalue weighted by Crippen LogP contribution is -2.33. The number of nitrogens with one attached hydrogen (secondary N) is 1. The highest BCUT2D eigenvalue weighted by Gasteiger charge is 2.33. The minimum absolute atomic E-state index is 0.0159. The molecule has 0 aromatic rings. The van der Waals surface area contributed by atoms with Gasteiger partial charge in [-0.2, -0.15) is 0 Å². The maximum atomic E-state index is 11.6. The molecule has 13 heavy (non-hydrogen) atoms. The van der Waals surface area contributed by atoms with Gasteiger partial charge < -0.3 is 10.1 Å². The first kappa shape index (κ1) is 9.00. The van der Waals surface area contributed by atoms with Gasteiger partial charge in [0.1, 0.15) is 6.10 Å². The first-order valence-corrected chi connectivity index (χ1v) is 5.21. The van der Waals surface area contributed by atoms with Crippen molar-refractivity contribution < 1.29 is 9.53 Å². The third kappa shape index (κ3) is 1.85. The maximum absolute atomic E-state index is 11.6. The van der Waals surface area contributed by atoms with E-state index in [-0.39, 0.29) is 18.0 Å². The molecule has 0 aromatic heterocycles. The Balaban J connectivity index is 1.81. The number of hydrogen-bond acceptors (Lipinski definition) is 3.